The molecule has 1 N–H and O–H groups in total. The average molecular weight is 346 g/mol. The standard InChI is InChI=1S/C21H18N2O3/c1-25-18-12-10-17(11-13-18)21(24)23-22-15-16-6-5-9-20(14-16)26-19-7-3-2-4-8-19/h2-15H,1H3,(H,23,24). The van der Waals surface area contributed by atoms with Gasteiger partial charge in [-0.25, -0.2) is 5.43 Å². The molecule has 0 aromatic heterocycles. The zero-order chi connectivity index (χ0) is 18.2. The number of carbonyl (C=O) groups excluding carboxylic acids is 1. The van der Waals surface area contributed by atoms with Crippen molar-refractivity contribution in [2.24, 2.45) is 5.10 Å². The summed E-state index contributed by atoms with van der Waals surface area (Å²) in [6.45, 7) is 0. The predicted molar refractivity (Wildman–Crippen MR) is 101 cm³/mol. The van der Waals surface area contributed by atoms with Crippen LogP contribution in [0.4, 0.5) is 0 Å². The Hall–Kier alpha value is -3.60. The molecule has 0 bridgehead atoms. The number of ether oxygens (including phenoxy) is 2. The fourth-order valence-corrected chi connectivity index (χ4v) is 2.26. The van der Waals surface area contributed by atoms with Crippen LogP contribution in [0.2, 0.25) is 0 Å². The van der Waals surface area contributed by atoms with Crippen molar-refractivity contribution >= 4 is 12.1 Å². The maximum absolute atomic E-state index is 12.1. The van der Waals surface area contributed by atoms with Crippen molar-refractivity contribution in [2.75, 3.05) is 7.11 Å². The summed E-state index contributed by atoms with van der Waals surface area (Å²) in [5.74, 6) is 1.86. The second-order valence-electron chi connectivity index (χ2n) is 5.42. The predicted octanol–water partition coefficient (Wildman–Crippen LogP) is 4.25. The highest BCUT2D eigenvalue weighted by molar-refractivity contribution is 5.95. The van der Waals surface area contributed by atoms with Crippen LogP contribution >= 0.6 is 0 Å². The lowest BCUT2D eigenvalue weighted by molar-refractivity contribution is 0.0955. The smallest absolute Gasteiger partial charge is 0.271 e. The molecule has 0 heterocycles. The molecule has 0 aliphatic rings. The monoisotopic (exact) mass is 346 g/mol. The number of benzene rings is 3. The van der Waals surface area contributed by atoms with E-state index in [1.54, 1.807) is 37.6 Å². The van der Waals surface area contributed by atoms with Crippen molar-refractivity contribution in [1.82, 2.24) is 5.43 Å². The summed E-state index contributed by atoms with van der Waals surface area (Å²) >= 11 is 0. The van der Waals surface area contributed by atoms with E-state index in [0.29, 0.717) is 17.1 Å². The van der Waals surface area contributed by atoms with Gasteiger partial charge in [0.25, 0.3) is 5.91 Å². The number of hydrogen-bond acceptors (Lipinski definition) is 4. The SMILES string of the molecule is COc1ccc(C(=O)NN=Cc2cccc(Oc3ccccc3)c2)cc1. The van der Waals surface area contributed by atoms with Gasteiger partial charge in [-0.2, -0.15) is 5.10 Å². The molecule has 0 atom stereocenters. The van der Waals surface area contributed by atoms with E-state index < -0.39 is 0 Å². The molecule has 0 saturated carbocycles. The molecule has 0 aliphatic carbocycles. The molecule has 3 aromatic rings. The summed E-state index contributed by atoms with van der Waals surface area (Å²) in [4.78, 5) is 12.1. The summed E-state index contributed by atoms with van der Waals surface area (Å²) in [5.41, 5.74) is 3.82. The molecule has 26 heavy (non-hydrogen) atoms. The molecular formula is C21H18N2O3. The van der Waals surface area contributed by atoms with E-state index in [1.807, 2.05) is 54.6 Å². The number of hydrogen-bond donors (Lipinski definition) is 1. The summed E-state index contributed by atoms with van der Waals surface area (Å²) in [6, 6.07) is 23.8. The van der Waals surface area contributed by atoms with E-state index in [9.17, 15) is 4.79 Å². The molecule has 5 heteroatoms. The lowest BCUT2D eigenvalue weighted by atomic mass is 10.2. The Morgan fingerprint density at radius 3 is 2.35 bits per heavy atom. The van der Waals surface area contributed by atoms with Gasteiger partial charge < -0.3 is 9.47 Å². The molecule has 130 valence electrons. The van der Waals surface area contributed by atoms with Gasteiger partial charge in [0.1, 0.15) is 17.2 Å². The highest BCUT2D eigenvalue weighted by atomic mass is 16.5. The number of carbonyl (C=O) groups is 1. The minimum Gasteiger partial charge on any atom is -0.497 e. The molecule has 3 rings (SSSR count). The van der Waals surface area contributed by atoms with Gasteiger partial charge in [-0.3, -0.25) is 4.79 Å². The van der Waals surface area contributed by atoms with Crippen LogP contribution in [-0.4, -0.2) is 19.2 Å². The maximum atomic E-state index is 12.1. The number of nitrogens with one attached hydrogen (secondary N) is 1. The molecule has 1 amide bonds. The molecular weight excluding hydrogens is 328 g/mol. The third kappa shape index (κ3) is 4.70. The number of rotatable bonds is 6. The zero-order valence-corrected chi connectivity index (χ0v) is 14.3. The van der Waals surface area contributed by atoms with Gasteiger partial charge in [0, 0.05) is 5.56 Å². The van der Waals surface area contributed by atoms with Gasteiger partial charge in [-0.15, -0.1) is 0 Å². The number of hydrazone groups is 1. The third-order valence-electron chi connectivity index (χ3n) is 3.57. The van der Waals surface area contributed by atoms with Gasteiger partial charge in [0.2, 0.25) is 0 Å². The van der Waals surface area contributed by atoms with E-state index in [0.717, 1.165) is 11.3 Å². The third-order valence-corrected chi connectivity index (χ3v) is 3.57. The van der Waals surface area contributed by atoms with E-state index in [4.69, 9.17) is 9.47 Å². The zero-order valence-electron chi connectivity index (χ0n) is 14.3. The minimum atomic E-state index is -0.291. The van der Waals surface area contributed by atoms with Crippen LogP contribution in [0, 0.1) is 0 Å². The van der Waals surface area contributed by atoms with Crippen LogP contribution in [0.3, 0.4) is 0 Å². The van der Waals surface area contributed by atoms with Crippen molar-refractivity contribution in [2.45, 2.75) is 0 Å². The van der Waals surface area contributed by atoms with Gasteiger partial charge in [-0.1, -0.05) is 30.3 Å². The summed E-state index contributed by atoms with van der Waals surface area (Å²) in [7, 11) is 1.58. The first-order valence-corrected chi connectivity index (χ1v) is 8.05. The van der Waals surface area contributed by atoms with Crippen molar-refractivity contribution in [3.8, 4) is 17.2 Å². The lowest BCUT2D eigenvalue weighted by Crippen LogP contribution is -2.17. The number of para-hydroxylation sites is 1. The van der Waals surface area contributed by atoms with Crippen LogP contribution in [0.1, 0.15) is 15.9 Å². The first-order valence-electron chi connectivity index (χ1n) is 8.05. The van der Waals surface area contributed by atoms with E-state index in [-0.39, 0.29) is 5.91 Å². The molecule has 0 aliphatic heterocycles. The van der Waals surface area contributed by atoms with Crippen LogP contribution < -0.4 is 14.9 Å². The fraction of sp³-hybridized carbons (Fsp3) is 0.0476. The first-order chi connectivity index (χ1) is 12.7. The lowest BCUT2D eigenvalue weighted by Gasteiger charge is -2.06. The maximum Gasteiger partial charge on any atom is 0.271 e. The van der Waals surface area contributed by atoms with E-state index in [2.05, 4.69) is 10.5 Å². The van der Waals surface area contributed by atoms with Crippen LogP contribution in [-0.2, 0) is 0 Å². The van der Waals surface area contributed by atoms with Gasteiger partial charge in [0.15, 0.2) is 0 Å². The van der Waals surface area contributed by atoms with E-state index >= 15 is 0 Å². The van der Waals surface area contributed by atoms with Crippen LogP contribution in [0.25, 0.3) is 0 Å². The molecule has 0 fully saturated rings. The van der Waals surface area contributed by atoms with Crippen molar-refractivity contribution < 1.29 is 14.3 Å². The second-order valence-corrected chi connectivity index (χ2v) is 5.42. The molecule has 0 saturated heterocycles. The summed E-state index contributed by atoms with van der Waals surface area (Å²) in [5, 5.41) is 4.00. The topological polar surface area (TPSA) is 59.9 Å². The molecule has 0 unspecified atom stereocenters. The van der Waals surface area contributed by atoms with Gasteiger partial charge >= 0.3 is 0 Å². The molecule has 5 nitrogen and oxygen atoms in total. The minimum absolute atomic E-state index is 0.291. The normalized spacial score (nSPS) is 10.5. The van der Waals surface area contributed by atoms with Crippen LogP contribution in [0.15, 0.2) is 84.0 Å². The van der Waals surface area contributed by atoms with Gasteiger partial charge in [0.05, 0.1) is 13.3 Å². The quantitative estimate of drug-likeness (QED) is 0.536. The summed E-state index contributed by atoms with van der Waals surface area (Å²) in [6.07, 6.45) is 1.57. The van der Waals surface area contributed by atoms with Crippen molar-refractivity contribution in [1.29, 1.82) is 0 Å². The Morgan fingerprint density at radius 2 is 1.62 bits per heavy atom. The average Bonchev–Trinajstić information content (AvgIpc) is 2.69. The fourth-order valence-electron chi connectivity index (χ4n) is 2.26. The highest BCUT2D eigenvalue weighted by Gasteiger charge is 2.04. The Labute approximate surface area is 151 Å². The largest absolute Gasteiger partial charge is 0.497 e. The number of methoxy groups -OCH3 is 1. The molecule has 0 spiro atoms. The molecule has 0 radical (unpaired) electrons. The Bertz CT molecular complexity index is 891. The van der Waals surface area contributed by atoms with Gasteiger partial charge in [-0.05, 0) is 54.1 Å². The highest BCUT2D eigenvalue weighted by Crippen LogP contribution is 2.21. The second kappa shape index (κ2) is 8.48. The first kappa shape index (κ1) is 17.2. The Kier molecular flexibility index (Phi) is 5.62. The number of nitrogens with zero attached hydrogens (tertiary/aromatic N) is 1. The van der Waals surface area contributed by atoms with Crippen molar-refractivity contribution in [3.05, 3.63) is 90.0 Å². The van der Waals surface area contributed by atoms with Crippen molar-refractivity contribution in [3.63, 3.8) is 0 Å². The van der Waals surface area contributed by atoms with Crippen LogP contribution in [0.5, 0.6) is 17.2 Å². The summed E-state index contributed by atoms with van der Waals surface area (Å²) < 4.78 is 10.8. The number of amides is 1. The Balaban J connectivity index is 1.61. The Morgan fingerprint density at radius 1 is 0.885 bits per heavy atom. The van der Waals surface area contributed by atoms with E-state index in [1.165, 1.54) is 0 Å². The molecule has 3 aromatic carbocycles.